The predicted molar refractivity (Wildman–Crippen MR) is 82.4 cm³/mol. The SMILES string of the molecule is CC(C)OCCCNC(=O)C1CN(C(=O)c2cccs2)C1. The number of hydrogen-bond donors (Lipinski definition) is 1. The molecule has 5 nitrogen and oxygen atoms in total. The van der Waals surface area contributed by atoms with Gasteiger partial charge in [0.15, 0.2) is 0 Å². The first kappa shape index (κ1) is 16.0. The highest BCUT2D eigenvalue weighted by Gasteiger charge is 2.36. The molecule has 0 atom stereocenters. The standard InChI is InChI=1S/C15H22N2O3S/c1-11(2)20-7-4-6-16-14(18)12-9-17(10-12)15(19)13-5-3-8-21-13/h3,5,8,11-12H,4,6-7,9-10H2,1-2H3,(H,16,18). The number of nitrogens with one attached hydrogen (secondary N) is 1. The van der Waals surface area contributed by atoms with Crippen LogP contribution < -0.4 is 5.32 Å². The number of thiophene rings is 1. The van der Waals surface area contributed by atoms with Crippen molar-refractivity contribution >= 4 is 23.2 Å². The normalized spacial score (nSPS) is 15.1. The van der Waals surface area contributed by atoms with E-state index >= 15 is 0 Å². The van der Waals surface area contributed by atoms with Crippen molar-refractivity contribution < 1.29 is 14.3 Å². The van der Waals surface area contributed by atoms with Crippen molar-refractivity contribution in [3.05, 3.63) is 22.4 Å². The van der Waals surface area contributed by atoms with E-state index < -0.39 is 0 Å². The van der Waals surface area contributed by atoms with Crippen molar-refractivity contribution in [1.82, 2.24) is 10.2 Å². The van der Waals surface area contributed by atoms with Crippen molar-refractivity contribution in [1.29, 1.82) is 0 Å². The van der Waals surface area contributed by atoms with Gasteiger partial charge < -0.3 is 15.0 Å². The molecule has 21 heavy (non-hydrogen) atoms. The van der Waals surface area contributed by atoms with Crippen molar-refractivity contribution in [3.63, 3.8) is 0 Å². The quantitative estimate of drug-likeness (QED) is 0.781. The Morgan fingerprint density at radius 3 is 2.86 bits per heavy atom. The molecule has 0 bridgehead atoms. The molecular formula is C15H22N2O3S. The Hall–Kier alpha value is -1.40. The van der Waals surface area contributed by atoms with Crippen LogP contribution in [0.1, 0.15) is 29.9 Å². The van der Waals surface area contributed by atoms with E-state index in [4.69, 9.17) is 4.74 Å². The van der Waals surface area contributed by atoms with Crippen LogP contribution in [0.3, 0.4) is 0 Å². The largest absolute Gasteiger partial charge is 0.379 e. The van der Waals surface area contributed by atoms with Crippen LogP contribution in [0.4, 0.5) is 0 Å². The molecule has 1 fully saturated rings. The summed E-state index contributed by atoms with van der Waals surface area (Å²) in [5.41, 5.74) is 0. The Morgan fingerprint density at radius 2 is 2.24 bits per heavy atom. The van der Waals surface area contributed by atoms with Gasteiger partial charge in [0.05, 0.1) is 16.9 Å². The van der Waals surface area contributed by atoms with Crippen LogP contribution in [-0.4, -0.2) is 49.1 Å². The van der Waals surface area contributed by atoms with Gasteiger partial charge in [-0.1, -0.05) is 6.07 Å². The highest BCUT2D eigenvalue weighted by Crippen LogP contribution is 2.21. The summed E-state index contributed by atoms with van der Waals surface area (Å²) in [6.45, 7) is 6.31. The van der Waals surface area contributed by atoms with E-state index in [0.29, 0.717) is 26.2 Å². The van der Waals surface area contributed by atoms with E-state index in [1.54, 1.807) is 4.90 Å². The predicted octanol–water partition coefficient (Wildman–Crippen LogP) is 1.75. The summed E-state index contributed by atoms with van der Waals surface area (Å²) < 4.78 is 5.41. The fourth-order valence-electron chi connectivity index (χ4n) is 2.11. The maximum Gasteiger partial charge on any atom is 0.263 e. The highest BCUT2D eigenvalue weighted by atomic mass is 32.1. The van der Waals surface area contributed by atoms with Crippen LogP contribution in [0.15, 0.2) is 17.5 Å². The molecule has 2 rings (SSSR count). The molecule has 1 aliphatic rings. The first-order valence-electron chi connectivity index (χ1n) is 7.30. The van der Waals surface area contributed by atoms with Gasteiger partial charge in [0, 0.05) is 26.2 Å². The molecule has 0 radical (unpaired) electrons. The third-order valence-electron chi connectivity index (χ3n) is 3.34. The average Bonchev–Trinajstić information content (AvgIpc) is 2.89. The van der Waals surface area contributed by atoms with E-state index in [2.05, 4.69) is 5.32 Å². The van der Waals surface area contributed by atoms with Crippen molar-refractivity contribution in [3.8, 4) is 0 Å². The van der Waals surface area contributed by atoms with Crippen molar-refractivity contribution in [2.75, 3.05) is 26.2 Å². The van der Waals surface area contributed by atoms with Crippen LogP contribution in [0, 0.1) is 5.92 Å². The minimum atomic E-state index is -0.0695. The Morgan fingerprint density at radius 1 is 1.48 bits per heavy atom. The lowest BCUT2D eigenvalue weighted by Crippen LogP contribution is -2.55. The lowest BCUT2D eigenvalue weighted by atomic mass is 9.99. The second kappa shape index (κ2) is 7.56. The molecule has 0 saturated carbocycles. The Balaban J connectivity index is 1.60. The van der Waals surface area contributed by atoms with Gasteiger partial charge in [-0.05, 0) is 31.7 Å². The zero-order valence-electron chi connectivity index (χ0n) is 12.5. The summed E-state index contributed by atoms with van der Waals surface area (Å²) >= 11 is 1.43. The fourth-order valence-corrected chi connectivity index (χ4v) is 2.80. The number of hydrogen-bond acceptors (Lipinski definition) is 4. The molecule has 116 valence electrons. The van der Waals surface area contributed by atoms with Crippen molar-refractivity contribution in [2.24, 2.45) is 5.92 Å². The molecule has 1 saturated heterocycles. The molecule has 1 aromatic rings. The Kier molecular flexibility index (Phi) is 5.76. The van der Waals surface area contributed by atoms with Gasteiger partial charge in [0.1, 0.15) is 0 Å². The molecule has 0 aromatic carbocycles. The van der Waals surface area contributed by atoms with Crippen LogP contribution in [-0.2, 0) is 9.53 Å². The maximum atomic E-state index is 12.0. The fraction of sp³-hybridized carbons (Fsp3) is 0.600. The minimum Gasteiger partial charge on any atom is -0.379 e. The first-order chi connectivity index (χ1) is 10.1. The number of carbonyl (C=O) groups excluding carboxylic acids is 2. The number of amides is 2. The van der Waals surface area contributed by atoms with E-state index in [1.165, 1.54) is 11.3 Å². The number of carbonyl (C=O) groups is 2. The average molecular weight is 310 g/mol. The second-order valence-corrected chi connectivity index (χ2v) is 6.40. The molecule has 0 spiro atoms. The lowest BCUT2D eigenvalue weighted by molar-refractivity contribution is -0.129. The van der Waals surface area contributed by atoms with Crippen LogP contribution in [0.5, 0.6) is 0 Å². The number of rotatable bonds is 7. The minimum absolute atomic E-state index is 0.0272. The molecule has 2 heterocycles. The summed E-state index contributed by atoms with van der Waals surface area (Å²) in [5.74, 6) is -0.00547. The lowest BCUT2D eigenvalue weighted by Gasteiger charge is -2.37. The van der Waals surface area contributed by atoms with Gasteiger partial charge in [-0.15, -0.1) is 11.3 Å². The first-order valence-corrected chi connectivity index (χ1v) is 8.18. The van der Waals surface area contributed by atoms with Gasteiger partial charge in [-0.3, -0.25) is 9.59 Å². The van der Waals surface area contributed by atoms with Crippen LogP contribution in [0.25, 0.3) is 0 Å². The van der Waals surface area contributed by atoms with Crippen LogP contribution in [0.2, 0.25) is 0 Å². The number of likely N-dealkylation sites (tertiary alicyclic amines) is 1. The van der Waals surface area contributed by atoms with Gasteiger partial charge in [0.25, 0.3) is 5.91 Å². The van der Waals surface area contributed by atoms with E-state index in [-0.39, 0.29) is 23.8 Å². The van der Waals surface area contributed by atoms with E-state index in [1.807, 2.05) is 31.4 Å². The Labute approximate surface area is 129 Å². The van der Waals surface area contributed by atoms with Gasteiger partial charge in [-0.25, -0.2) is 0 Å². The highest BCUT2D eigenvalue weighted by molar-refractivity contribution is 7.12. The number of ether oxygens (including phenoxy) is 1. The van der Waals surface area contributed by atoms with Gasteiger partial charge >= 0.3 is 0 Å². The molecule has 1 N–H and O–H groups in total. The monoisotopic (exact) mass is 310 g/mol. The van der Waals surface area contributed by atoms with Crippen molar-refractivity contribution in [2.45, 2.75) is 26.4 Å². The summed E-state index contributed by atoms with van der Waals surface area (Å²) in [6.07, 6.45) is 1.04. The second-order valence-electron chi connectivity index (χ2n) is 5.45. The molecule has 6 heteroatoms. The zero-order valence-corrected chi connectivity index (χ0v) is 13.3. The summed E-state index contributed by atoms with van der Waals surface area (Å²) in [4.78, 5) is 26.4. The maximum absolute atomic E-state index is 12.0. The Bertz CT molecular complexity index is 467. The molecule has 1 aromatic heterocycles. The third-order valence-corrected chi connectivity index (χ3v) is 4.20. The molecule has 0 unspecified atom stereocenters. The topological polar surface area (TPSA) is 58.6 Å². The summed E-state index contributed by atoms with van der Waals surface area (Å²) in [6, 6.07) is 3.68. The zero-order chi connectivity index (χ0) is 15.2. The molecule has 1 aliphatic heterocycles. The number of nitrogens with zero attached hydrogens (tertiary/aromatic N) is 1. The molecule has 0 aliphatic carbocycles. The third kappa shape index (κ3) is 4.54. The van der Waals surface area contributed by atoms with Gasteiger partial charge in [-0.2, -0.15) is 0 Å². The molecular weight excluding hydrogens is 288 g/mol. The smallest absolute Gasteiger partial charge is 0.263 e. The van der Waals surface area contributed by atoms with E-state index in [0.717, 1.165) is 11.3 Å². The molecule has 2 amide bonds. The summed E-state index contributed by atoms with van der Waals surface area (Å²) in [5, 5.41) is 4.78. The summed E-state index contributed by atoms with van der Waals surface area (Å²) in [7, 11) is 0. The van der Waals surface area contributed by atoms with E-state index in [9.17, 15) is 9.59 Å². The van der Waals surface area contributed by atoms with Gasteiger partial charge in [0.2, 0.25) is 5.91 Å². The van der Waals surface area contributed by atoms with Crippen LogP contribution >= 0.6 is 11.3 Å².